The minimum atomic E-state index is -0.290. The van der Waals surface area contributed by atoms with Crippen LogP contribution in [0.3, 0.4) is 0 Å². The molecule has 210 valence electrons. The lowest BCUT2D eigenvalue weighted by atomic mass is 9.66. The third-order valence-corrected chi connectivity index (χ3v) is 10.00. The van der Waals surface area contributed by atoms with Gasteiger partial charge in [-0.2, -0.15) is 0 Å². The molecule has 3 aromatic carbocycles. The number of rotatable bonds is 7. The van der Waals surface area contributed by atoms with Crippen LogP contribution in [0.15, 0.2) is 72.8 Å². The number of anilines is 1. The van der Waals surface area contributed by atoms with Gasteiger partial charge in [0, 0.05) is 46.8 Å². The molecule has 1 aliphatic carbocycles. The minimum Gasteiger partial charge on any atom is -0.372 e. The van der Waals surface area contributed by atoms with Crippen LogP contribution in [-0.2, 0) is 11.2 Å². The lowest BCUT2D eigenvalue weighted by Crippen LogP contribution is -2.45. The molecule has 0 aromatic heterocycles. The van der Waals surface area contributed by atoms with Crippen molar-refractivity contribution in [2.45, 2.75) is 56.5 Å². The van der Waals surface area contributed by atoms with Crippen molar-refractivity contribution in [2.75, 3.05) is 18.0 Å². The number of hydrogen-bond donors (Lipinski definition) is 3. The fourth-order valence-corrected chi connectivity index (χ4v) is 7.77. The molecule has 0 bridgehead atoms. The molecule has 0 spiro atoms. The molecule has 6 rings (SSSR count). The first-order valence-electron chi connectivity index (χ1n) is 14.6. The predicted octanol–water partition coefficient (Wildman–Crippen LogP) is 6.33. The predicted molar refractivity (Wildman–Crippen MR) is 164 cm³/mol. The molecule has 4 atom stereocenters. The number of benzene rings is 3. The standard InChI is InChI=1S/C33H38Cl2N4O/c34-26-8-3-22(4-9-26)32(23-5-10-27(35)11-6-23)25-7-14-30-29(20-25)33(38-37-30)24-15-17-39(18-16-24)28-12-1-21(2-13-28)19-31(36)40/h1-6,8-13,24-25,29-30,32-33,37-38H,7,14-20H2,(H2,36,40). The Balaban J connectivity index is 1.14. The van der Waals surface area contributed by atoms with Gasteiger partial charge in [0.2, 0.25) is 5.91 Å². The summed E-state index contributed by atoms with van der Waals surface area (Å²) in [6, 6.07) is 26.2. The second-order valence-corrected chi connectivity index (χ2v) is 12.7. The number of carbonyl (C=O) groups excluding carboxylic acids is 1. The first kappa shape index (κ1) is 27.6. The zero-order chi connectivity index (χ0) is 27.6. The molecule has 2 saturated heterocycles. The second kappa shape index (κ2) is 12.1. The average molecular weight is 578 g/mol. The maximum atomic E-state index is 11.2. The van der Waals surface area contributed by atoms with Crippen LogP contribution >= 0.6 is 23.2 Å². The van der Waals surface area contributed by atoms with Crippen molar-refractivity contribution in [1.82, 2.24) is 10.9 Å². The maximum Gasteiger partial charge on any atom is 0.221 e. The Morgan fingerprint density at radius 2 is 1.43 bits per heavy atom. The number of fused-ring (bicyclic) bond motifs is 1. The van der Waals surface area contributed by atoms with Gasteiger partial charge >= 0.3 is 0 Å². The molecule has 0 radical (unpaired) electrons. The number of nitrogens with two attached hydrogens (primary N) is 1. The molecule has 2 heterocycles. The molecule has 40 heavy (non-hydrogen) atoms. The van der Waals surface area contributed by atoms with E-state index in [0.29, 0.717) is 42.2 Å². The normalized spacial score (nSPS) is 25.2. The van der Waals surface area contributed by atoms with Crippen LogP contribution in [0, 0.1) is 17.8 Å². The van der Waals surface area contributed by atoms with Gasteiger partial charge < -0.3 is 10.6 Å². The van der Waals surface area contributed by atoms with Gasteiger partial charge in [-0.15, -0.1) is 0 Å². The van der Waals surface area contributed by atoms with E-state index in [9.17, 15) is 4.79 Å². The van der Waals surface area contributed by atoms with Crippen molar-refractivity contribution in [3.05, 3.63) is 99.5 Å². The van der Waals surface area contributed by atoms with Crippen molar-refractivity contribution in [1.29, 1.82) is 0 Å². The third kappa shape index (κ3) is 6.03. The summed E-state index contributed by atoms with van der Waals surface area (Å²) in [6.07, 6.45) is 6.23. The van der Waals surface area contributed by atoms with E-state index in [1.54, 1.807) is 0 Å². The number of carbonyl (C=O) groups is 1. The van der Waals surface area contributed by atoms with E-state index in [-0.39, 0.29) is 5.91 Å². The van der Waals surface area contributed by atoms with Crippen molar-refractivity contribution < 1.29 is 4.79 Å². The van der Waals surface area contributed by atoms with Gasteiger partial charge in [0.1, 0.15) is 0 Å². The summed E-state index contributed by atoms with van der Waals surface area (Å²) >= 11 is 12.5. The van der Waals surface area contributed by atoms with E-state index in [1.165, 1.54) is 48.9 Å². The number of piperidine rings is 1. The minimum absolute atomic E-state index is 0.290. The average Bonchev–Trinajstić information content (AvgIpc) is 3.39. The largest absolute Gasteiger partial charge is 0.372 e. The molecular weight excluding hydrogens is 539 g/mol. The number of hydrazine groups is 1. The highest BCUT2D eigenvalue weighted by molar-refractivity contribution is 6.30. The summed E-state index contributed by atoms with van der Waals surface area (Å²) < 4.78 is 0. The summed E-state index contributed by atoms with van der Waals surface area (Å²) in [5, 5.41) is 1.55. The molecule has 3 fully saturated rings. The van der Waals surface area contributed by atoms with Crippen LogP contribution in [0.4, 0.5) is 5.69 Å². The van der Waals surface area contributed by atoms with Crippen LogP contribution in [-0.4, -0.2) is 31.1 Å². The number of halogens is 2. The molecule has 2 aliphatic heterocycles. The smallest absolute Gasteiger partial charge is 0.221 e. The summed E-state index contributed by atoms with van der Waals surface area (Å²) in [5.74, 6) is 1.87. The van der Waals surface area contributed by atoms with Gasteiger partial charge in [-0.25, -0.2) is 0 Å². The zero-order valence-corrected chi connectivity index (χ0v) is 24.2. The highest BCUT2D eigenvalue weighted by Crippen LogP contribution is 2.46. The molecule has 3 aliphatic rings. The zero-order valence-electron chi connectivity index (χ0n) is 22.7. The lowest BCUT2D eigenvalue weighted by Gasteiger charge is -2.41. The van der Waals surface area contributed by atoms with E-state index in [1.807, 2.05) is 36.4 Å². The number of nitrogens with one attached hydrogen (secondary N) is 2. The molecule has 4 unspecified atom stereocenters. The van der Waals surface area contributed by atoms with Gasteiger partial charge in [-0.1, -0.05) is 59.6 Å². The SMILES string of the molecule is NC(=O)Cc1ccc(N2CCC(C3NNC4CCC(C(c5ccc(Cl)cc5)c5ccc(Cl)cc5)CC43)CC2)cc1. The first-order valence-corrected chi connectivity index (χ1v) is 15.3. The fraction of sp³-hybridized carbons (Fsp3) is 0.424. The molecule has 4 N–H and O–H groups in total. The topological polar surface area (TPSA) is 70.4 Å². The molecule has 1 saturated carbocycles. The Morgan fingerprint density at radius 1 is 0.825 bits per heavy atom. The van der Waals surface area contributed by atoms with E-state index < -0.39 is 0 Å². The fourth-order valence-electron chi connectivity index (χ4n) is 7.52. The summed E-state index contributed by atoms with van der Waals surface area (Å²) in [6.45, 7) is 2.11. The van der Waals surface area contributed by atoms with Gasteiger partial charge in [0.05, 0.1) is 6.42 Å². The molecule has 7 heteroatoms. The summed E-state index contributed by atoms with van der Waals surface area (Å²) in [4.78, 5) is 13.7. The Hall–Kier alpha value is -2.57. The summed E-state index contributed by atoms with van der Waals surface area (Å²) in [7, 11) is 0. The molecular formula is C33H38Cl2N4O. The second-order valence-electron chi connectivity index (χ2n) is 11.9. The van der Waals surface area contributed by atoms with Gasteiger partial charge in [-0.3, -0.25) is 15.6 Å². The van der Waals surface area contributed by atoms with Crippen molar-refractivity contribution >= 4 is 34.8 Å². The number of primary amides is 1. The summed E-state index contributed by atoms with van der Waals surface area (Å²) in [5.41, 5.74) is 17.7. The number of hydrogen-bond acceptors (Lipinski definition) is 4. The Morgan fingerprint density at radius 3 is 2.00 bits per heavy atom. The molecule has 1 amide bonds. The van der Waals surface area contributed by atoms with Crippen molar-refractivity contribution in [2.24, 2.45) is 23.5 Å². The van der Waals surface area contributed by atoms with Gasteiger partial charge in [0.25, 0.3) is 0 Å². The van der Waals surface area contributed by atoms with Gasteiger partial charge in [0.15, 0.2) is 0 Å². The van der Waals surface area contributed by atoms with Crippen LogP contribution in [0.5, 0.6) is 0 Å². The lowest BCUT2D eigenvalue weighted by molar-refractivity contribution is -0.117. The van der Waals surface area contributed by atoms with Crippen LogP contribution in [0.25, 0.3) is 0 Å². The maximum absolute atomic E-state index is 11.2. The number of amides is 1. The highest BCUT2D eigenvalue weighted by atomic mass is 35.5. The Labute approximate surface area is 247 Å². The van der Waals surface area contributed by atoms with E-state index in [0.717, 1.165) is 28.7 Å². The van der Waals surface area contributed by atoms with Gasteiger partial charge in [-0.05, 0) is 103 Å². The molecule has 5 nitrogen and oxygen atoms in total. The highest BCUT2D eigenvalue weighted by Gasteiger charge is 2.45. The number of nitrogens with zero attached hydrogens (tertiary/aromatic N) is 1. The first-order chi connectivity index (χ1) is 19.4. The quantitative estimate of drug-likeness (QED) is 0.307. The van der Waals surface area contributed by atoms with Crippen LogP contribution in [0.2, 0.25) is 10.0 Å². The monoisotopic (exact) mass is 576 g/mol. The third-order valence-electron chi connectivity index (χ3n) is 9.49. The van der Waals surface area contributed by atoms with Crippen LogP contribution in [0.1, 0.15) is 54.7 Å². The van der Waals surface area contributed by atoms with Crippen molar-refractivity contribution in [3.63, 3.8) is 0 Å². The van der Waals surface area contributed by atoms with Crippen molar-refractivity contribution in [3.8, 4) is 0 Å². The Bertz CT molecular complexity index is 1240. The molecule has 3 aromatic rings. The van der Waals surface area contributed by atoms with E-state index >= 15 is 0 Å². The van der Waals surface area contributed by atoms with Crippen LogP contribution < -0.4 is 21.5 Å². The van der Waals surface area contributed by atoms with E-state index in [4.69, 9.17) is 28.9 Å². The Kier molecular flexibility index (Phi) is 8.36. The van der Waals surface area contributed by atoms with E-state index in [2.05, 4.69) is 52.1 Å².